The van der Waals surface area contributed by atoms with Crippen LogP contribution in [0.2, 0.25) is 0 Å². The van der Waals surface area contributed by atoms with E-state index in [1.165, 1.54) is 4.31 Å². The SMILES string of the molecule is CCN(CC)S(=O)(=O)c1cccc(-c2nnc(-c3ccccc3Br)o2)c1. The van der Waals surface area contributed by atoms with Gasteiger partial charge in [-0.3, -0.25) is 0 Å². The number of benzene rings is 2. The first kappa shape index (κ1) is 18.8. The van der Waals surface area contributed by atoms with E-state index in [2.05, 4.69) is 26.1 Å². The lowest BCUT2D eigenvalue weighted by molar-refractivity contribution is 0.445. The van der Waals surface area contributed by atoms with Crippen LogP contribution in [-0.4, -0.2) is 36.0 Å². The van der Waals surface area contributed by atoms with E-state index in [9.17, 15) is 8.42 Å². The summed E-state index contributed by atoms with van der Waals surface area (Å²) in [4.78, 5) is 0.208. The summed E-state index contributed by atoms with van der Waals surface area (Å²) in [6.07, 6.45) is 0. The Morgan fingerprint density at radius 3 is 2.38 bits per heavy atom. The van der Waals surface area contributed by atoms with Gasteiger partial charge < -0.3 is 4.42 Å². The highest BCUT2D eigenvalue weighted by Gasteiger charge is 2.22. The van der Waals surface area contributed by atoms with Crippen molar-refractivity contribution in [3.05, 3.63) is 53.0 Å². The van der Waals surface area contributed by atoms with Crippen molar-refractivity contribution in [3.8, 4) is 22.9 Å². The fourth-order valence-corrected chi connectivity index (χ4v) is 4.54. The summed E-state index contributed by atoms with van der Waals surface area (Å²) in [6, 6.07) is 14.1. The molecule has 0 aliphatic heterocycles. The molecule has 1 heterocycles. The molecule has 6 nitrogen and oxygen atoms in total. The molecule has 0 aliphatic carbocycles. The van der Waals surface area contributed by atoms with E-state index in [0.29, 0.717) is 24.5 Å². The van der Waals surface area contributed by atoms with Crippen molar-refractivity contribution in [1.29, 1.82) is 0 Å². The molecule has 0 atom stereocenters. The van der Waals surface area contributed by atoms with Gasteiger partial charge in [0, 0.05) is 23.1 Å². The molecule has 0 unspecified atom stereocenters. The average molecular weight is 436 g/mol. The number of nitrogens with zero attached hydrogens (tertiary/aromatic N) is 3. The molecule has 0 radical (unpaired) electrons. The van der Waals surface area contributed by atoms with Crippen LogP contribution in [0.4, 0.5) is 0 Å². The van der Waals surface area contributed by atoms with Crippen LogP contribution in [0, 0.1) is 0 Å². The van der Waals surface area contributed by atoms with E-state index in [1.807, 2.05) is 38.1 Å². The second kappa shape index (κ2) is 7.69. The maximum Gasteiger partial charge on any atom is 0.249 e. The Morgan fingerprint density at radius 1 is 1.00 bits per heavy atom. The van der Waals surface area contributed by atoms with Gasteiger partial charge in [-0.25, -0.2) is 8.42 Å². The first-order valence-electron chi connectivity index (χ1n) is 8.16. The third kappa shape index (κ3) is 3.58. The van der Waals surface area contributed by atoms with Crippen molar-refractivity contribution in [2.24, 2.45) is 0 Å². The summed E-state index contributed by atoms with van der Waals surface area (Å²) in [6.45, 7) is 4.45. The van der Waals surface area contributed by atoms with Crippen LogP contribution >= 0.6 is 15.9 Å². The summed E-state index contributed by atoms with van der Waals surface area (Å²) < 4.78 is 33.4. The molecule has 1 aromatic heterocycles. The molecule has 8 heteroatoms. The van der Waals surface area contributed by atoms with E-state index in [1.54, 1.807) is 24.3 Å². The summed E-state index contributed by atoms with van der Waals surface area (Å²) in [5, 5.41) is 8.14. The highest BCUT2D eigenvalue weighted by Crippen LogP contribution is 2.30. The third-order valence-electron chi connectivity index (χ3n) is 3.95. The Bertz CT molecular complexity index is 1010. The molecule has 0 aliphatic rings. The second-order valence-corrected chi connectivity index (χ2v) is 8.30. The Morgan fingerprint density at radius 2 is 1.69 bits per heavy atom. The van der Waals surface area contributed by atoms with Crippen LogP contribution in [0.15, 0.2) is 62.3 Å². The van der Waals surface area contributed by atoms with Gasteiger partial charge in [0.25, 0.3) is 0 Å². The van der Waals surface area contributed by atoms with Gasteiger partial charge >= 0.3 is 0 Å². The van der Waals surface area contributed by atoms with Gasteiger partial charge in [-0.15, -0.1) is 10.2 Å². The third-order valence-corrected chi connectivity index (χ3v) is 6.69. The van der Waals surface area contributed by atoms with Crippen LogP contribution in [-0.2, 0) is 10.0 Å². The Balaban J connectivity index is 1.99. The molecule has 2 aromatic carbocycles. The quantitative estimate of drug-likeness (QED) is 0.579. The molecule has 3 rings (SSSR count). The molecule has 0 fully saturated rings. The van der Waals surface area contributed by atoms with Gasteiger partial charge in [-0.2, -0.15) is 4.31 Å². The van der Waals surface area contributed by atoms with E-state index < -0.39 is 10.0 Å². The van der Waals surface area contributed by atoms with Gasteiger partial charge in [0.1, 0.15) is 0 Å². The van der Waals surface area contributed by atoms with Crippen LogP contribution in [0.25, 0.3) is 22.9 Å². The van der Waals surface area contributed by atoms with E-state index in [0.717, 1.165) is 10.0 Å². The molecule has 136 valence electrons. The van der Waals surface area contributed by atoms with Crippen LogP contribution in [0.1, 0.15) is 13.8 Å². The standard InChI is InChI=1S/C18H18BrN3O3S/c1-3-22(4-2)26(23,24)14-9-7-8-13(12-14)17-20-21-18(25-17)15-10-5-6-11-16(15)19/h5-12H,3-4H2,1-2H3. The Hall–Kier alpha value is -2.03. The van der Waals surface area contributed by atoms with Crippen LogP contribution in [0.5, 0.6) is 0 Å². The zero-order chi connectivity index (χ0) is 18.7. The van der Waals surface area contributed by atoms with Gasteiger partial charge in [-0.1, -0.05) is 32.0 Å². The number of hydrogen-bond acceptors (Lipinski definition) is 5. The monoisotopic (exact) mass is 435 g/mol. The number of hydrogen-bond donors (Lipinski definition) is 0. The minimum Gasteiger partial charge on any atom is -0.416 e. The fraction of sp³-hybridized carbons (Fsp3) is 0.222. The smallest absolute Gasteiger partial charge is 0.249 e. The first-order valence-corrected chi connectivity index (χ1v) is 10.4. The number of halogens is 1. The largest absolute Gasteiger partial charge is 0.416 e. The number of rotatable bonds is 6. The molecule has 0 saturated heterocycles. The Labute approximate surface area is 161 Å². The summed E-state index contributed by atoms with van der Waals surface area (Å²) in [5.41, 5.74) is 1.34. The highest BCUT2D eigenvalue weighted by atomic mass is 79.9. The lowest BCUT2D eigenvalue weighted by Gasteiger charge is -2.18. The van der Waals surface area contributed by atoms with Gasteiger partial charge in [-0.05, 0) is 46.3 Å². The maximum absolute atomic E-state index is 12.7. The van der Waals surface area contributed by atoms with E-state index >= 15 is 0 Å². The minimum atomic E-state index is -3.55. The van der Waals surface area contributed by atoms with Gasteiger partial charge in [0.05, 0.1) is 10.5 Å². The highest BCUT2D eigenvalue weighted by molar-refractivity contribution is 9.10. The second-order valence-electron chi connectivity index (χ2n) is 5.51. The topological polar surface area (TPSA) is 76.3 Å². The number of sulfonamides is 1. The van der Waals surface area contributed by atoms with Crippen LogP contribution in [0.3, 0.4) is 0 Å². The molecule has 26 heavy (non-hydrogen) atoms. The summed E-state index contributed by atoms with van der Waals surface area (Å²) in [7, 11) is -3.55. The molecule has 0 bridgehead atoms. The van der Waals surface area contributed by atoms with Gasteiger partial charge in [0.15, 0.2) is 0 Å². The minimum absolute atomic E-state index is 0.208. The van der Waals surface area contributed by atoms with Crippen molar-refractivity contribution >= 4 is 26.0 Å². The molecule has 0 saturated carbocycles. The van der Waals surface area contributed by atoms with E-state index in [-0.39, 0.29) is 10.8 Å². The lowest BCUT2D eigenvalue weighted by atomic mass is 10.2. The van der Waals surface area contributed by atoms with Crippen molar-refractivity contribution in [3.63, 3.8) is 0 Å². The number of aromatic nitrogens is 2. The Kier molecular flexibility index (Phi) is 5.55. The summed E-state index contributed by atoms with van der Waals surface area (Å²) >= 11 is 3.46. The maximum atomic E-state index is 12.7. The van der Waals surface area contributed by atoms with Crippen molar-refractivity contribution < 1.29 is 12.8 Å². The molecule has 3 aromatic rings. The van der Waals surface area contributed by atoms with E-state index in [4.69, 9.17) is 4.42 Å². The average Bonchev–Trinajstić information content (AvgIpc) is 3.13. The predicted molar refractivity (Wildman–Crippen MR) is 103 cm³/mol. The zero-order valence-corrected chi connectivity index (χ0v) is 16.8. The summed E-state index contributed by atoms with van der Waals surface area (Å²) in [5.74, 6) is 0.636. The van der Waals surface area contributed by atoms with Crippen molar-refractivity contribution in [2.75, 3.05) is 13.1 Å². The van der Waals surface area contributed by atoms with Gasteiger partial charge in [0.2, 0.25) is 21.8 Å². The molecule has 0 amide bonds. The molecular formula is C18H18BrN3O3S. The molecular weight excluding hydrogens is 418 g/mol. The fourth-order valence-electron chi connectivity index (χ4n) is 2.59. The lowest BCUT2D eigenvalue weighted by Crippen LogP contribution is -2.30. The van der Waals surface area contributed by atoms with Crippen LogP contribution < -0.4 is 0 Å². The predicted octanol–water partition coefficient (Wildman–Crippen LogP) is 4.20. The zero-order valence-electron chi connectivity index (χ0n) is 14.4. The molecule has 0 spiro atoms. The first-order chi connectivity index (χ1) is 12.5. The molecule has 0 N–H and O–H groups in total. The van der Waals surface area contributed by atoms with Crippen molar-refractivity contribution in [1.82, 2.24) is 14.5 Å². The normalized spacial score (nSPS) is 11.8. The van der Waals surface area contributed by atoms with Crippen molar-refractivity contribution in [2.45, 2.75) is 18.7 Å².